The number of ether oxygens (including phenoxy) is 1. The first-order valence-electron chi connectivity index (χ1n) is 3.71. The number of carbonyl (C=O) groups is 1. The zero-order chi connectivity index (χ0) is 9.14. The molecule has 0 aliphatic carbocycles. The second-order valence-electron chi connectivity index (χ2n) is 2.82. The van der Waals surface area contributed by atoms with Gasteiger partial charge in [0.2, 0.25) is 5.90 Å². The molecular formula is C8H10ClNO2. The van der Waals surface area contributed by atoms with Crippen molar-refractivity contribution in [2.24, 2.45) is 10.9 Å². The standard InChI is InChI=1S/C8H10ClNO2/c1-5(2)3-6-8(11)12-7(4-9)10-6/h3,5H,4H2,1-2H3. The van der Waals surface area contributed by atoms with Crippen LogP contribution < -0.4 is 0 Å². The number of halogens is 1. The van der Waals surface area contributed by atoms with Crippen molar-refractivity contribution in [1.29, 1.82) is 0 Å². The van der Waals surface area contributed by atoms with E-state index in [9.17, 15) is 4.79 Å². The first-order valence-corrected chi connectivity index (χ1v) is 4.24. The number of hydrogen-bond donors (Lipinski definition) is 0. The lowest BCUT2D eigenvalue weighted by Crippen LogP contribution is -2.04. The number of aliphatic imine (C=N–C) groups is 1. The Morgan fingerprint density at radius 1 is 1.67 bits per heavy atom. The molecule has 1 rings (SSSR count). The summed E-state index contributed by atoms with van der Waals surface area (Å²) in [6, 6.07) is 0. The van der Waals surface area contributed by atoms with Gasteiger partial charge in [-0.3, -0.25) is 0 Å². The maximum absolute atomic E-state index is 11.0. The van der Waals surface area contributed by atoms with Crippen LogP contribution in [0.5, 0.6) is 0 Å². The molecule has 0 aromatic carbocycles. The van der Waals surface area contributed by atoms with Gasteiger partial charge >= 0.3 is 5.97 Å². The van der Waals surface area contributed by atoms with Gasteiger partial charge in [-0.15, -0.1) is 11.6 Å². The number of alkyl halides is 1. The molecule has 4 heteroatoms. The first-order chi connectivity index (χ1) is 5.63. The monoisotopic (exact) mass is 187 g/mol. The Kier molecular flexibility index (Phi) is 2.87. The van der Waals surface area contributed by atoms with Crippen LogP contribution in [0.1, 0.15) is 13.8 Å². The van der Waals surface area contributed by atoms with Gasteiger partial charge in [0.05, 0.1) is 5.88 Å². The number of allylic oxidation sites excluding steroid dienone is 1. The van der Waals surface area contributed by atoms with Gasteiger partial charge in [-0.05, 0) is 12.0 Å². The fraction of sp³-hybridized carbons (Fsp3) is 0.500. The van der Waals surface area contributed by atoms with Crippen molar-refractivity contribution in [3.63, 3.8) is 0 Å². The van der Waals surface area contributed by atoms with E-state index in [1.807, 2.05) is 13.8 Å². The van der Waals surface area contributed by atoms with Gasteiger partial charge in [0, 0.05) is 0 Å². The molecule has 1 heterocycles. The quantitative estimate of drug-likeness (QED) is 0.375. The van der Waals surface area contributed by atoms with Crippen LogP contribution in [0.3, 0.4) is 0 Å². The zero-order valence-electron chi connectivity index (χ0n) is 7.00. The second kappa shape index (κ2) is 3.72. The molecule has 1 aliphatic heterocycles. The Labute approximate surface area is 76.1 Å². The molecule has 0 saturated heterocycles. The third kappa shape index (κ3) is 2.08. The minimum atomic E-state index is -0.403. The molecule has 0 radical (unpaired) electrons. The summed E-state index contributed by atoms with van der Waals surface area (Å²) in [6.07, 6.45) is 1.75. The fourth-order valence-electron chi connectivity index (χ4n) is 0.840. The van der Waals surface area contributed by atoms with Crippen LogP contribution >= 0.6 is 11.6 Å². The Hall–Kier alpha value is -0.830. The van der Waals surface area contributed by atoms with E-state index in [1.54, 1.807) is 6.08 Å². The van der Waals surface area contributed by atoms with E-state index in [1.165, 1.54) is 0 Å². The summed E-state index contributed by atoms with van der Waals surface area (Å²) in [7, 11) is 0. The van der Waals surface area contributed by atoms with Gasteiger partial charge in [-0.1, -0.05) is 13.8 Å². The number of rotatable bonds is 2. The number of esters is 1. The van der Waals surface area contributed by atoms with E-state index >= 15 is 0 Å². The average molecular weight is 188 g/mol. The van der Waals surface area contributed by atoms with Crippen molar-refractivity contribution in [2.45, 2.75) is 13.8 Å². The van der Waals surface area contributed by atoms with E-state index in [2.05, 4.69) is 4.99 Å². The molecule has 0 N–H and O–H groups in total. The van der Waals surface area contributed by atoms with Crippen molar-refractivity contribution >= 4 is 23.5 Å². The molecule has 1 aliphatic rings. The summed E-state index contributed by atoms with van der Waals surface area (Å²) in [4.78, 5) is 14.9. The molecule has 0 aromatic rings. The number of hydrogen-bond acceptors (Lipinski definition) is 3. The highest BCUT2D eigenvalue weighted by Crippen LogP contribution is 2.13. The molecule has 0 fully saturated rings. The lowest BCUT2D eigenvalue weighted by Gasteiger charge is -1.93. The van der Waals surface area contributed by atoms with Crippen LogP contribution in [0.4, 0.5) is 0 Å². The summed E-state index contributed by atoms with van der Waals surface area (Å²) in [5, 5.41) is 0. The molecule has 66 valence electrons. The third-order valence-electron chi connectivity index (χ3n) is 1.27. The van der Waals surface area contributed by atoms with E-state index in [4.69, 9.17) is 16.3 Å². The topological polar surface area (TPSA) is 38.7 Å². The smallest absolute Gasteiger partial charge is 0.363 e. The first kappa shape index (κ1) is 9.26. The largest absolute Gasteiger partial charge is 0.405 e. The van der Waals surface area contributed by atoms with E-state index in [0.717, 1.165) is 0 Å². The maximum Gasteiger partial charge on any atom is 0.363 e. The molecular weight excluding hydrogens is 178 g/mol. The molecule has 0 unspecified atom stereocenters. The summed E-state index contributed by atoms with van der Waals surface area (Å²) in [5.41, 5.74) is 0.362. The van der Waals surface area contributed by atoms with Crippen LogP contribution in [0.15, 0.2) is 16.8 Å². The molecule has 12 heavy (non-hydrogen) atoms. The molecule has 0 atom stereocenters. The minimum Gasteiger partial charge on any atom is -0.405 e. The normalized spacial score (nSPS) is 20.2. The summed E-state index contributed by atoms with van der Waals surface area (Å²) in [5.74, 6) is 0.306. The molecule has 0 spiro atoms. The minimum absolute atomic E-state index is 0.140. The van der Waals surface area contributed by atoms with Crippen molar-refractivity contribution < 1.29 is 9.53 Å². The SMILES string of the molecule is CC(C)C=C1N=C(CCl)OC1=O. The van der Waals surface area contributed by atoms with E-state index in [0.29, 0.717) is 5.70 Å². The Bertz CT molecular complexity index is 256. The molecule has 0 aromatic heterocycles. The van der Waals surface area contributed by atoms with Crippen molar-refractivity contribution in [3.8, 4) is 0 Å². The summed E-state index contributed by atoms with van der Waals surface area (Å²) < 4.78 is 4.73. The predicted octanol–water partition coefficient (Wildman–Crippen LogP) is 1.72. The maximum atomic E-state index is 11.0. The van der Waals surface area contributed by atoms with Crippen molar-refractivity contribution in [2.75, 3.05) is 5.88 Å². The van der Waals surface area contributed by atoms with Crippen LogP contribution in [-0.2, 0) is 9.53 Å². The lowest BCUT2D eigenvalue weighted by atomic mass is 10.2. The zero-order valence-corrected chi connectivity index (χ0v) is 7.76. The lowest BCUT2D eigenvalue weighted by molar-refractivity contribution is -0.130. The average Bonchev–Trinajstić information content (AvgIpc) is 2.31. The van der Waals surface area contributed by atoms with Crippen LogP contribution in [0, 0.1) is 5.92 Å². The van der Waals surface area contributed by atoms with Gasteiger partial charge in [0.1, 0.15) is 5.70 Å². The highest BCUT2D eigenvalue weighted by molar-refractivity contribution is 6.29. The molecule has 0 amide bonds. The third-order valence-corrected chi connectivity index (χ3v) is 1.50. The van der Waals surface area contributed by atoms with Crippen molar-refractivity contribution in [1.82, 2.24) is 0 Å². The second-order valence-corrected chi connectivity index (χ2v) is 3.09. The van der Waals surface area contributed by atoms with Crippen LogP contribution in [0.25, 0.3) is 0 Å². The van der Waals surface area contributed by atoms with Gasteiger partial charge in [-0.2, -0.15) is 0 Å². The van der Waals surface area contributed by atoms with Crippen molar-refractivity contribution in [3.05, 3.63) is 11.8 Å². The number of carbonyl (C=O) groups excluding carboxylic acids is 1. The fourth-order valence-corrected chi connectivity index (χ4v) is 0.955. The van der Waals surface area contributed by atoms with Gasteiger partial charge in [0.15, 0.2) is 0 Å². The Balaban J connectivity index is 2.79. The van der Waals surface area contributed by atoms with Crippen LogP contribution in [0.2, 0.25) is 0 Å². The Morgan fingerprint density at radius 2 is 2.33 bits per heavy atom. The Morgan fingerprint density at radius 3 is 2.75 bits per heavy atom. The van der Waals surface area contributed by atoms with Gasteiger partial charge in [0.25, 0.3) is 0 Å². The highest BCUT2D eigenvalue weighted by Gasteiger charge is 2.21. The van der Waals surface area contributed by atoms with E-state index < -0.39 is 5.97 Å². The number of cyclic esters (lactones) is 1. The highest BCUT2D eigenvalue weighted by atomic mass is 35.5. The predicted molar refractivity (Wildman–Crippen MR) is 47.2 cm³/mol. The molecule has 3 nitrogen and oxygen atoms in total. The number of nitrogens with zero attached hydrogens (tertiary/aromatic N) is 1. The van der Waals surface area contributed by atoms with Gasteiger partial charge in [-0.25, -0.2) is 9.79 Å². The summed E-state index contributed by atoms with van der Waals surface area (Å²) >= 11 is 5.44. The van der Waals surface area contributed by atoms with Gasteiger partial charge < -0.3 is 4.74 Å². The van der Waals surface area contributed by atoms with E-state index in [-0.39, 0.29) is 17.7 Å². The van der Waals surface area contributed by atoms with Crippen LogP contribution in [-0.4, -0.2) is 17.7 Å². The summed E-state index contributed by atoms with van der Waals surface area (Å²) in [6.45, 7) is 3.93. The molecule has 0 saturated carbocycles. The molecule has 0 bridgehead atoms.